The fourth-order valence-electron chi connectivity index (χ4n) is 1.28. The molecule has 2 nitrogen and oxygen atoms in total. The zero-order valence-corrected chi connectivity index (χ0v) is 8.70. The Kier molecular flexibility index (Phi) is 3.07. The first-order valence-corrected chi connectivity index (χ1v) is 4.67. The van der Waals surface area contributed by atoms with Crippen molar-refractivity contribution in [1.82, 2.24) is 9.78 Å². The van der Waals surface area contributed by atoms with E-state index in [9.17, 15) is 0 Å². The Balaban J connectivity index is 0.000000396. The third kappa shape index (κ3) is 1.72. The summed E-state index contributed by atoms with van der Waals surface area (Å²) in [6.45, 7) is 6.08. The van der Waals surface area contributed by atoms with Crippen molar-refractivity contribution in [2.24, 2.45) is 7.05 Å². The summed E-state index contributed by atoms with van der Waals surface area (Å²) in [5.41, 5.74) is 2.30. The van der Waals surface area contributed by atoms with Crippen LogP contribution in [0.2, 0.25) is 0 Å². The topological polar surface area (TPSA) is 17.8 Å². The quantitative estimate of drug-likeness (QED) is 0.603. The smallest absolute Gasteiger partial charge is 0.0926 e. The summed E-state index contributed by atoms with van der Waals surface area (Å²) in [7, 11) is 1.97. The van der Waals surface area contributed by atoms with E-state index in [-0.39, 0.29) is 0 Å². The molecule has 0 bridgehead atoms. The molecular weight excluding hydrogens is 160 g/mol. The van der Waals surface area contributed by atoms with Crippen molar-refractivity contribution in [1.29, 1.82) is 0 Å². The highest BCUT2D eigenvalue weighted by Gasteiger charge is 2.00. The summed E-state index contributed by atoms with van der Waals surface area (Å²) in [5, 5.41) is 5.57. The first-order chi connectivity index (χ1) is 6.29. The molecular formula is C11H16N2. The number of aryl methyl sites for hydroxylation is 2. The SMILES string of the molecule is CC.Cc1c2ccccc2nn1C. The van der Waals surface area contributed by atoms with Gasteiger partial charge in [-0.15, -0.1) is 0 Å². The summed E-state index contributed by atoms with van der Waals surface area (Å²) in [5.74, 6) is 0. The van der Waals surface area contributed by atoms with Crippen molar-refractivity contribution < 1.29 is 0 Å². The van der Waals surface area contributed by atoms with Crippen LogP contribution in [0.1, 0.15) is 19.5 Å². The first-order valence-electron chi connectivity index (χ1n) is 4.67. The van der Waals surface area contributed by atoms with Gasteiger partial charge in [0.1, 0.15) is 0 Å². The zero-order chi connectivity index (χ0) is 9.84. The highest BCUT2D eigenvalue weighted by Crippen LogP contribution is 2.15. The third-order valence-corrected chi connectivity index (χ3v) is 2.04. The van der Waals surface area contributed by atoms with Crippen molar-refractivity contribution in [3.63, 3.8) is 0 Å². The molecule has 0 amide bonds. The highest BCUT2D eigenvalue weighted by molar-refractivity contribution is 5.81. The lowest BCUT2D eigenvalue weighted by atomic mass is 10.2. The second-order valence-electron chi connectivity index (χ2n) is 2.73. The molecule has 0 unspecified atom stereocenters. The number of nitrogens with zero attached hydrogens (tertiary/aromatic N) is 2. The largest absolute Gasteiger partial charge is 0.272 e. The predicted molar refractivity (Wildman–Crippen MR) is 56.8 cm³/mol. The maximum atomic E-state index is 4.33. The van der Waals surface area contributed by atoms with Crippen LogP contribution in [0.3, 0.4) is 0 Å². The van der Waals surface area contributed by atoms with E-state index in [1.807, 2.05) is 43.8 Å². The predicted octanol–water partition coefficient (Wildman–Crippen LogP) is 2.91. The Morgan fingerprint density at radius 1 is 1.15 bits per heavy atom. The fraction of sp³-hybridized carbons (Fsp3) is 0.364. The van der Waals surface area contributed by atoms with Crippen LogP contribution in [-0.4, -0.2) is 9.78 Å². The van der Waals surface area contributed by atoms with Gasteiger partial charge in [0.15, 0.2) is 0 Å². The molecule has 0 spiro atoms. The fourth-order valence-corrected chi connectivity index (χ4v) is 1.28. The molecule has 13 heavy (non-hydrogen) atoms. The minimum absolute atomic E-state index is 1.08. The van der Waals surface area contributed by atoms with Crippen LogP contribution < -0.4 is 0 Å². The lowest BCUT2D eigenvalue weighted by Crippen LogP contribution is -1.91. The van der Waals surface area contributed by atoms with Gasteiger partial charge in [-0.2, -0.15) is 5.10 Å². The van der Waals surface area contributed by atoms with Gasteiger partial charge in [-0.3, -0.25) is 4.68 Å². The number of hydrogen-bond acceptors (Lipinski definition) is 1. The van der Waals surface area contributed by atoms with Gasteiger partial charge in [-0.25, -0.2) is 0 Å². The standard InChI is InChI=1S/C9H10N2.C2H6/c1-7-8-5-3-4-6-9(8)10-11(7)2;1-2/h3-6H,1-2H3;1-2H3. The van der Waals surface area contributed by atoms with Gasteiger partial charge in [-0.05, 0) is 13.0 Å². The van der Waals surface area contributed by atoms with Gasteiger partial charge in [0.25, 0.3) is 0 Å². The molecule has 0 radical (unpaired) electrons. The molecule has 2 heteroatoms. The number of aromatic nitrogens is 2. The highest BCUT2D eigenvalue weighted by atomic mass is 15.3. The zero-order valence-electron chi connectivity index (χ0n) is 8.70. The number of benzene rings is 1. The lowest BCUT2D eigenvalue weighted by Gasteiger charge is -1.90. The summed E-state index contributed by atoms with van der Waals surface area (Å²) in [6, 6.07) is 8.17. The summed E-state index contributed by atoms with van der Waals surface area (Å²) < 4.78 is 1.91. The normalized spacial score (nSPS) is 9.54. The number of rotatable bonds is 0. The van der Waals surface area contributed by atoms with E-state index in [0.29, 0.717) is 0 Å². The molecule has 1 aromatic carbocycles. The Morgan fingerprint density at radius 3 is 2.38 bits per heavy atom. The molecule has 0 atom stereocenters. The Hall–Kier alpha value is -1.31. The number of fused-ring (bicyclic) bond motifs is 1. The van der Waals surface area contributed by atoms with Crippen LogP contribution in [0.15, 0.2) is 24.3 Å². The van der Waals surface area contributed by atoms with Crippen molar-refractivity contribution >= 4 is 10.9 Å². The molecule has 1 heterocycles. The Bertz CT molecular complexity index is 388. The van der Waals surface area contributed by atoms with Crippen LogP contribution in [0.5, 0.6) is 0 Å². The van der Waals surface area contributed by atoms with Gasteiger partial charge >= 0.3 is 0 Å². The molecule has 1 aromatic heterocycles. The molecule has 0 saturated carbocycles. The van der Waals surface area contributed by atoms with Crippen molar-refractivity contribution in [3.05, 3.63) is 30.0 Å². The van der Waals surface area contributed by atoms with E-state index in [4.69, 9.17) is 0 Å². The van der Waals surface area contributed by atoms with E-state index in [1.54, 1.807) is 0 Å². The van der Waals surface area contributed by atoms with Crippen molar-refractivity contribution in [3.8, 4) is 0 Å². The van der Waals surface area contributed by atoms with E-state index < -0.39 is 0 Å². The van der Waals surface area contributed by atoms with E-state index >= 15 is 0 Å². The number of hydrogen-bond donors (Lipinski definition) is 0. The molecule has 0 saturated heterocycles. The van der Waals surface area contributed by atoms with Gasteiger partial charge in [-0.1, -0.05) is 32.0 Å². The Morgan fingerprint density at radius 2 is 1.77 bits per heavy atom. The van der Waals surface area contributed by atoms with Gasteiger partial charge in [0.05, 0.1) is 5.52 Å². The molecule has 70 valence electrons. The van der Waals surface area contributed by atoms with Gasteiger partial charge in [0.2, 0.25) is 0 Å². The molecule has 2 rings (SSSR count). The van der Waals surface area contributed by atoms with Crippen LogP contribution in [0.4, 0.5) is 0 Å². The van der Waals surface area contributed by atoms with Crippen LogP contribution in [0, 0.1) is 6.92 Å². The summed E-state index contributed by atoms with van der Waals surface area (Å²) in [4.78, 5) is 0. The molecule has 0 aliphatic carbocycles. The molecule has 0 aliphatic rings. The van der Waals surface area contributed by atoms with Gasteiger partial charge < -0.3 is 0 Å². The first kappa shape index (κ1) is 9.78. The maximum absolute atomic E-state index is 4.33. The molecule has 0 N–H and O–H groups in total. The maximum Gasteiger partial charge on any atom is 0.0926 e. The van der Waals surface area contributed by atoms with Gasteiger partial charge in [0, 0.05) is 18.1 Å². The average Bonchev–Trinajstić information content (AvgIpc) is 2.47. The minimum Gasteiger partial charge on any atom is -0.272 e. The van der Waals surface area contributed by atoms with Crippen LogP contribution >= 0.6 is 0 Å². The molecule has 0 fully saturated rings. The third-order valence-electron chi connectivity index (χ3n) is 2.04. The summed E-state index contributed by atoms with van der Waals surface area (Å²) >= 11 is 0. The lowest BCUT2D eigenvalue weighted by molar-refractivity contribution is 0.751. The Labute approximate surface area is 79.2 Å². The monoisotopic (exact) mass is 176 g/mol. The molecule has 0 aliphatic heterocycles. The van der Waals surface area contributed by atoms with E-state index in [0.717, 1.165) is 5.52 Å². The molecule has 2 aromatic rings. The van der Waals surface area contributed by atoms with E-state index in [1.165, 1.54) is 11.1 Å². The van der Waals surface area contributed by atoms with Crippen molar-refractivity contribution in [2.45, 2.75) is 20.8 Å². The summed E-state index contributed by atoms with van der Waals surface area (Å²) in [6.07, 6.45) is 0. The second-order valence-corrected chi connectivity index (χ2v) is 2.73. The second kappa shape index (κ2) is 4.08. The van der Waals surface area contributed by atoms with Crippen molar-refractivity contribution in [2.75, 3.05) is 0 Å². The minimum atomic E-state index is 1.08. The van der Waals surface area contributed by atoms with Crippen LogP contribution in [-0.2, 0) is 7.05 Å². The van der Waals surface area contributed by atoms with Crippen LogP contribution in [0.25, 0.3) is 10.9 Å². The van der Waals surface area contributed by atoms with E-state index in [2.05, 4.69) is 18.1 Å². The average molecular weight is 176 g/mol.